The van der Waals surface area contributed by atoms with Gasteiger partial charge < -0.3 is 15.4 Å². The molecule has 1 saturated carbocycles. The molecule has 0 amide bonds. The van der Waals surface area contributed by atoms with Gasteiger partial charge >= 0.3 is 0 Å². The van der Waals surface area contributed by atoms with E-state index in [4.69, 9.17) is 17.0 Å². The molecule has 0 unspecified atom stereocenters. The third-order valence-electron chi connectivity index (χ3n) is 8.89. The third-order valence-corrected chi connectivity index (χ3v) is 9.11. The van der Waals surface area contributed by atoms with Crippen molar-refractivity contribution < 1.29 is 4.74 Å². The molecule has 1 heterocycles. The summed E-state index contributed by atoms with van der Waals surface area (Å²) in [6.07, 6.45) is 4.73. The van der Waals surface area contributed by atoms with Crippen LogP contribution in [0.1, 0.15) is 36.8 Å². The molecular formula is C36H35N3OS. The minimum absolute atomic E-state index is 0.285. The van der Waals surface area contributed by atoms with E-state index in [2.05, 4.69) is 88.3 Å². The molecule has 5 aromatic rings. The topological polar surface area (TPSA) is 36.5 Å². The van der Waals surface area contributed by atoms with Crippen LogP contribution in [-0.4, -0.2) is 29.2 Å². The zero-order chi connectivity index (χ0) is 27.8. The molecule has 2 aliphatic rings. The number of methoxy groups -OCH3 is 1. The Hall–Kier alpha value is -3.93. The molecule has 4 nitrogen and oxygen atoms in total. The normalized spacial score (nSPS) is 18.8. The van der Waals surface area contributed by atoms with Gasteiger partial charge in [0, 0.05) is 30.9 Å². The fourth-order valence-electron chi connectivity index (χ4n) is 6.94. The van der Waals surface area contributed by atoms with Crippen molar-refractivity contribution in [1.82, 2.24) is 10.2 Å². The van der Waals surface area contributed by atoms with Gasteiger partial charge in [-0.3, -0.25) is 4.90 Å². The fourth-order valence-corrected chi connectivity index (χ4v) is 7.21. The summed E-state index contributed by atoms with van der Waals surface area (Å²) in [7, 11) is 1.68. The van der Waals surface area contributed by atoms with Crippen molar-refractivity contribution in [2.45, 2.75) is 50.9 Å². The monoisotopic (exact) mass is 557 g/mol. The molecule has 2 atom stereocenters. The minimum Gasteiger partial charge on any atom is -0.497 e. The van der Waals surface area contributed by atoms with E-state index in [0.717, 1.165) is 37.4 Å². The van der Waals surface area contributed by atoms with Gasteiger partial charge in [-0.1, -0.05) is 85.6 Å². The van der Waals surface area contributed by atoms with Gasteiger partial charge in [0.2, 0.25) is 0 Å². The average molecular weight is 558 g/mol. The van der Waals surface area contributed by atoms with Crippen molar-refractivity contribution in [3.8, 4) is 16.9 Å². The van der Waals surface area contributed by atoms with Gasteiger partial charge in [0.05, 0.1) is 7.11 Å². The Morgan fingerprint density at radius 3 is 1.93 bits per heavy atom. The first-order valence-corrected chi connectivity index (χ1v) is 15.1. The smallest absolute Gasteiger partial charge is 0.171 e. The van der Waals surface area contributed by atoms with Crippen LogP contribution in [0.2, 0.25) is 0 Å². The standard InChI is InChI=1S/C36H35N3OS/c1-40-29-20-18-28(19-21-29)37-36(41)38-32-12-6-7-13-33(32)39-22-26-16-14-24-8-2-4-10-30(24)34(26)35-27(23-39)17-15-25-9-3-5-11-31(25)35/h2-5,8-11,14-21,32-33H,6-7,12-13,22-23H2,1H3,(H2,37,38,41)/t32-,33-/m0/s1. The maximum atomic E-state index is 5.82. The van der Waals surface area contributed by atoms with Gasteiger partial charge in [-0.05, 0) is 93.1 Å². The molecule has 0 radical (unpaired) electrons. The van der Waals surface area contributed by atoms with Crippen molar-refractivity contribution in [3.63, 3.8) is 0 Å². The van der Waals surface area contributed by atoms with Crippen LogP contribution in [0.15, 0.2) is 97.1 Å². The number of nitrogens with zero attached hydrogens (tertiary/aromatic N) is 1. The highest BCUT2D eigenvalue weighted by Gasteiger charge is 2.33. The lowest BCUT2D eigenvalue weighted by atomic mass is 9.88. The summed E-state index contributed by atoms with van der Waals surface area (Å²) in [5.41, 5.74) is 6.57. The van der Waals surface area contributed by atoms with Gasteiger partial charge in [0.15, 0.2) is 5.11 Å². The second kappa shape index (κ2) is 11.2. The van der Waals surface area contributed by atoms with Crippen LogP contribution in [0.5, 0.6) is 5.75 Å². The van der Waals surface area contributed by atoms with Crippen LogP contribution in [0, 0.1) is 0 Å². The second-order valence-corrected chi connectivity index (χ2v) is 11.7. The molecule has 5 aromatic carbocycles. The summed E-state index contributed by atoms with van der Waals surface area (Å²) < 4.78 is 5.30. The van der Waals surface area contributed by atoms with E-state index in [9.17, 15) is 0 Å². The summed E-state index contributed by atoms with van der Waals surface area (Å²) in [4.78, 5) is 2.71. The molecule has 5 heteroatoms. The summed E-state index contributed by atoms with van der Waals surface area (Å²) in [6.45, 7) is 1.84. The third kappa shape index (κ3) is 5.05. The SMILES string of the molecule is COc1ccc(NC(=S)N[C@H]2CCCC[C@@H]2N2Cc3ccc4ccccc4c3-c3c(ccc4ccccc34)C2)cc1. The van der Waals surface area contributed by atoms with E-state index in [1.165, 1.54) is 56.6 Å². The van der Waals surface area contributed by atoms with Crippen molar-refractivity contribution in [2.24, 2.45) is 0 Å². The Morgan fingerprint density at radius 1 is 0.732 bits per heavy atom. The van der Waals surface area contributed by atoms with Crippen LogP contribution < -0.4 is 15.4 Å². The first kappa shape index (κ1) is 26.0. The van der Waals surface area contributed by atoms with Gasteiger partial charge in [-0.2, -0.15) is 0 Å². The first-order chi connectivity index (χ1) is 20.2. The predicted molar refractivity (Wildman–Crippen MR) is 175 cm³/mol. The largest absolute Gasteiger partial charge is 0.497 e. The Balaban J connectivity index is 1.24. The number of fused-ring (bicyclic) bond motifs is 7. The number of hydrogen-bond donors (Lipinski definition) is 2. The fraction of sp³-hybridized carbons (Fsp3) is 0.250. The second-order valence-electron chi connectivity index (χ2n) is 11.3. The Kier molecular flexibility index (Phi) is 7.07. The maximum Gasteiger partial charge on any atom is 0.171 e. The lowest BCUT2D eigenvalue weighted by molar-refractivity contribution is 0.116. The summed E-state index contributed by atoms with van der Waals surface area (Å²) in [5, 5.41) is 13.1. The zero-order valence-electron chi connectivity index (χ0n) is 23.4. The number of anilines is 1. The van der Waals surface area contributed by atoms with Crippen LogP contribution in [-0.2, 0) is 13.1 Å². The van der Waals surface area contributed by atoms with E-state index >= 15 is 0 Å². The molecule has 0 saturated heterocycles. The van der Waals surface area contributed by atoms with Gasteiger partial charge in [-0.25, -0.2) is 0 Å². The van der Waals surface area contributed by atoms with Crippen LogP contribution in [0.3, 0.4) is 0 Å². The molecule has 2 N–H and O–H groups in total. The molecule has 0 spiro atoms. The maximum absolute atomic E-state index is 5.82. The van der Waals surface area contributed by atoms with Crippen LogP contribution in [0.4, 0.5) is 5.69 Å². The average Bonchev–Trinajstić information content (AvgIpc) is 3.19. The number of benzene rings is 5. The molecule has 206 valence electrons. The highest BCUT2D eigenvalue weighted by atomic mass is 32.1. The first-order valence-electron chi connectivity index (χ1n) is 14.7. The van der Waals surface area contributed by atoms with Crippen molar-refractivity contribution in [1.29, 1.82) is 0 Å². The highest BCUT2D eigenvalue weighted by Crippen LogP contribution is 2.43. The number of hydrogen-bond acceptors (Lipinski definition) is 3. The molecule has 7 rings (SSSR count). The van der Waals surface area contributed by atoms with Gasteiger partial charge in [0.1, 0.15) is 5.75 Å². The van der Waals surface area contributed by atoms with E-state index in [-0.39, 0.29) is 6.04 Å². The van der Waals surface area contributed by atoms with E-state index in [1.807, 2.05) is 24.3 Å². The quantitative estimate of drug-likeness (QED) is 0.218. The van der Waals surface area contributed by atoms with Crippen LogP contribution in [0.25, 0.3) is 32.7 Å². The molecule has 1 fully saturated rings. The Labute approximate surface area is 247 Å². The Bertz CT molecular complexity index is 1640. The molecule has 1 aliphatic carbocycles. The van der Waals surface area contributed by atoms with Crippen molar-refractivity contribution in [2.75, 3.05) is 12.4 Å². The lowest BCUT2D eigenvalue weighted by Gasteiger charge is -2.40. The molecular weight excluding hydrogens is 522 g/mol. The number of rotatable bonds is 4. The van der Waals surface area contributed by atoms with E-state index in [1.54, 1.807) is 7.11 Å². The summed E-state index contributed by atoms with van der Waals surface area (Å²) in [6, 6.07) is 35.6. The number of nitrogens with one attached hydrogen (secondary N) is 2. The van der Waals surface area contributed by atoms with Gasteiger partial charge in [-0.15, -0.1) is 0 Å². The summed E-state index contributed by atoms with van der Waals surface area (Å²) >= 11 is 5.82. The highest BCUT2D eigenvalue weighted by molar-refractivity contribution is 7.80. The predicted octanol–water partition coefficient (Wildman–Crippen LogP) is 8.28. The Morgan fingerprint density at radius 2 is 1.32 bits per heavy atom. The molecule has 41 heavy (non-hydrogen) atoms. The summed E-state index contributed by atoms with van der Waals surface area (Å²) in [5.74, 6) is 0.837. The number of ether oxygens (including phenoxy) is 1. The van der Waals surface area contributed by atoms with E-state index in [0.29, 0.717) is 11.2 Å². The molecule has 1 aliphatic heterocycles. The van der Waals surface area contributed by atoms with Crippen molar-refractivity contribution in [3.05, 3.63) is 108 Å². The minimum atomic E-state index is 0.285. The molecule has 0 aromatic heterocycles. The van der Waals surface area contributed by atoms with Crippen molar-refractivity contribution >= 4 is 44.6 Å². The molecule has 0 bridgehead atoms. The van der Waals surface area contributed by atoms with E-state index < -0.39 is 0 Å². The lowest BCUT2D eigenvalue weighted by Crippen LogP contribution is -2.53. The number of thiocarbonyl (C=S) groups is 1. The zero-order valence-corrected chi connectivity index (χ0v) is 24.2. The van der Waals surface area contributed by atoms with Gasteiger partial charge in [0.25, 0.3) is 0 Å². The van der Waals surface area contributed by atoms with Crippen LogP contribution >= 0.6 is 12.2 Å².